The monoisotopic (exact) mass is 279 g/mol. The summed E-state index contributed by atoms with van der Waals surface area (Å²) in [6, 6.07) is 0. The third kappa shape index (κ3) is 4.36. The van der Waals surface area contributed by atoms with Gasteiger partial charge in [0, 0.05) is 19.0 Å². The zero-order valence-electron chi connectivity index (χ0n) is 14.2. The molecule has 0 radical (unpaired) electrons. The molecule has 1 aliphatic heterocycles. The molecule has 0 N–H and O–H groups in total. The SMILES string of the molecule is CC#CCB1N(C)B(CC#CC)N(C)B(CC#CC)N1C. The lowest BCUT2D eigenvalue weighted by molar-refractivity contribution is 0.535. The van der Waals surface area contributed by atoms with E-state index in [4.69, 9.17) is 0 Å². The van der Waals surface area contributed by atoms with E-state index in [1.54, 1.807) is 0 Å². The van der Waals surface area contributed by atoms with Crippen molar-refractivity contribution in [2.45, 2.75) is 39.7 Å². The molecule has 1 rings (SSSR count). The Morgan fingerprint density at radius 3 is 1.00 bits per heavy atom. The fraction of sp³-hybridized carbons (Fsp3) is 0.600. The van der Waals surface area contributed by atoms with Gasteiger partial charge in [0.1, 0.15) is 0 Å². The molecular formula is C15H24B3N3. The first-order valence-electron chi connectivity index (χ1n) is 7.43. The van der Waals surface area contributed by atoms with Crippen LogP contribution in [-0.2, 0) is 0 Å². The molecule has 0 amide bonds. The highest BCUT2D eigenvalue weighted by Gasteiger charge is 2.46. The Morgan fingerprint density at radius 1 is 0.571 bits per heavy atom. The van der Waals surface area contributed by atoms with Gasteiger partial charge in [0.15, 0.2) is 0 Å². The quantitative estimate of drug-likeness (QED) is 0.570. The topological polar surface area (TPSA) is 9.72 Å². The summed E-state index contributed by atoms with van der Waals surface area (Å²) in [6.45, 7) is 6.61. The number of hydrogen-bond acceptors (Lipinski definition) is 3. The van der Waals surface area contributed by atoms with Crippen LogP contribution in [0.25, 0.3) is 0 Å². The molecule has 0 aromatic heterocycles. The molecule has 1 fully saturated rings. The lowest BCUT2D eigenvalue weighted by Crippen LogP contribution is -2.74. The van der Waals surface area contributed by atoms with Crippen molar-refractivity contribution in [3.05, 3.63) is 0 Å². The maximum atomic E-state index is 3.22. The number of hydrogen-bond donors (Lipinski definition) is 0. The van der Waals surface area contributed by atoms with Crippen LogP contribution in [0.1, 0.15) is 20.8 Å². The lowest BCUT2D eigenvalue weighted by Gasteiger charge is -2.49. The second-order valence-electron chi connectivity index (χ2n) is 5.33. The van der Waals surface area contributed by atoms with E-state index in [2.05, 4.69) is 70.8 Å². The van der Waals surface area contributed by atoms with Crippen LogP contribution in [0.2, 0.25) is 19.0 Å². The summed E-state index contributed by atoms with van der Waals surface area (Å²) < 4.78 is 7.14. The van der Waals surface area contributed by atoms with Gasteiger partial charge < -0.3 is 14.2 Å². The van der Waals surface area contributed by atoms with Crippen molar-refractivity contribution in [1.29, 1.82) is 0 Å². The van der Waals surface area contributed by atoms with E-state index in [1.165, 1.54) is 0 Å². The minimum atomic E-state index is 0.306. The molecule has 6 heteroatoms. The van der Waals surface area contributed by atoms with E-state index in [0.717, 1.165) is 19.0 Å². The van der Waals surface area contributed by atoms with Gasteiger partial charge in [-0.25, -0.2) is 0 Å². The fourth-order valence-electron chi connectivity index (χ4n) is 2.90. The van der Waals surface area contributed by atoms with Crippen molar-refractivity contribution < 1.29 is 0 Å². The highest BCUT2D eigenvalue weighted by atomic mass is 15.3. The van der Waals surface area contributed by atoms with Crippen molar-refractivity contribution in [2.24, 2.45) is 0 Å². The second kappa shape index (κ2) is 8.91. The average molecular weight is 279 g/mol. The van der Waals surface area contributed by atoms with Crippen molar-refractivity contribution in [3.8, 4) is 35.5 Å². The summed E-state index contributed by atoms with van der Waals surface area (Å²) in [7, 11) is 6.50. The molecule has 0 unspecified atom stereocenters. The molecule has 0 aromatic carbocycles. The zero-order valence-corrected chi connectivity index (χ0v) is 14.2. The van der Waals surface area contributed by atoms with E-state index < -0.39 is 0 Å². The zero-order chi connectivity index (χ0) is 15.8. The maximum Gasteiger partial charge on any atom is 0.302 e. The Kier molecular flexibility index (Phi) is 7.56. The van der Waals surface area contributed by atoms with Crippen LogP contribution >= 0.6 is 0 Å². The van der Waals surface area contributed by atoms with Gasteiger partial charge in [-0.2, -0.15) is 0 Å². The molecule has 0 saturated carbocycles. The fourth-order valence-corrected chi connectivity index (χ4v) is 2.90. The summed E-state index contributed by atoms with van der Waals surface area (Å²) in [5.41, 5.74) is 0. The molecule has 0 spiro atoms. The Balaban J connectivity index is 3.03. The molecule has 0 aliphatic carbocycles. The van der Waals surface area contributed by atoms with Crippen LogP contribution in [0.3, 0.4) is 0 Å². The Labute approximate surface area is 132 Å². The van der Waals surface area contributed by atoms with E-state index >= 15 is 0 Å². The lowest BCUT2D eigenvalue weighted by atomic mass is 9.41. The van der Waals surface area contributed by atoms with Gasteiger partial charge in [-0.15, -0.1) is 35.5 Å². The number of nitrogens with zero attached hydrogens (tertiary/aromatic N) is 3. The highest BCUT2D eigenvalue weighted by Crippen LogP contribution is 2.21. The molecule has 0 atom stereocenters. The molecule has 21 heavy (non-hydrogen) atoms. The third-order valence-electron chi connectivity index (χ3n) is 4.20. The van der Waals surface area contributed by atoms with Crippen molar-refractivity contribution in [3.63, 3.8) is 0 Å². The summed E-state index contributed by atoms with van der Waals surface area (Å²) in [5, 5.41) is 0. The Morgan fingerprint density at radius 2 is 0.810 bits per heavy atom. The molecule has 0 bridgehead atoms. The standard InChI is InChI=1S/C15H24B3N3/c1-7-10-13-16-19(4)17(14-11-8-2)21(6)18(20(16)5)15-12-9-3/h13-15H2,1-6H3. The van der Waals surface area contributed by atoms with Crippen molar-refractivity contribution >= 4 is 20.9 Å². The molecule has 1 heterocycles. The average Bonchev–Trinajstić information content (AvgIpc) is 2.47. The summed E-state index contributed by atoms with van der Waals surface area (Å²) in [4.78, 5) is 0. The van der Waals surface area contributed by atoms with E-state index in [0.29, 0.717) is 20.9 Å². The maximum absolute atomic E-state index is 3.22. The highest BCUT2D eigenvalue weighted by molar-refractivity contribution is 6.86. The summed E-state index contributed by atoms with van der Waals surface area (Å²) in [5.74, 6) is 18.7. The molecule has 3 nitrogen and oxygen atoms in total. The number of rotatable bonds is 3. The van der Waals surface area contributed by atoms with Gasteiger partial charge in [0.2, 0.25) is 0 Å². The smallest absolute Gasteiger partial charge is 0.302 e. The van der Waals surface area contributed by atoms with Crippen molar-refractivity contribution in [1.82, 2.24) is 14.2 Å². The van der Waals surface area contributed by atoms with Crippen LogP contribution in [0.5, 0.6) is 0 Å². The first-order valence-corrected chi connectivity index (χ1v) is 7.43. The minimum absolute atomic E-state index is 0.306. The van der Waals surface area contributed by atoms with Gasteiger partial charge in [0.25, 0.3) is 0 Å². The largest absolute Gasteiger partial charge is 0.358 e. The minimum Gasteiger partial charge on any atom is -0.358 e. The van der Waals surface area contributed by atoms with Gasteiger partial charge >= 0.3 is 20.9 Å². The van der Waals surface area contributed by atoms with Crippen LogP contribution in [0.15, 0.2) is 0 Å². The van der Waals surface area contributed by atoms with Gasteiger partial charge in [0.05, 0.1) is 0 Å². The Bertz CT molecular complexity index is 429. The van der Waals surface area contributed by atoms with E-state index in [1.807, 2.05) is 20.8 Å². The first kappa shape index (κ1) is 17.8. The summed E-state index contributed by atoms with van der Waals surface area (Å²) in [6.07, 6.45) is 2.55. The van der Waals surface area contributed by atoms with E-state index in [-0.39, 0.29) is 0 Å². The summed E-state index contributed by atoms with van der Waals surface area (Å²) >= 11 is 0. The molecule has 0 aromatic rings. The van der Waals surface area contributed by atoms with Gasteiger partial charge in [-0.3, -0.25) is 0 Å². The van der Waals surface area contributed by atoms with Crippen LogP contribution in [-0.4, -0.2) is 56.3 Å². The second-order valence-corrected chi connectivity index (χ2v) is 5.33. The van der Waals surface area contributed by atoms with E-state index in [9.17, 15) is 0 Å². The van der Waals surface area contributed by atoms with Crippen LogP contribution in [0, 0.1) is 35.5 Å². The van der Waals surface area contributed by atoms with Crippen molar-refractivity contribution in [2.75, 3.05) is 21.1 Å². The predicted octanol–water partition coefficient (Wildman–Crippen LogP) is 1.33. The first-order chi connectivity index (χ1) is 10.1. The van der Waals surface area contributed by atoms with Gasteiger partial charge in [-0.05, 0) is 41.9 Å². The Hall–Kier alpha value is -1.25. The molecule has 1 aliphatic rings. The van der Waals surface area contributed by atoms with Gasteiger partial charge in [-0.1, -0.05) is 0 Å². The molecule has 1 saturated heterocycles. The van der Waals surface area contributed by atoms with Crippen LogP contribution < -0.4 is 0 Å². The normalized spacial score (nSPS) is 16.6. The van der Waals surface area contributed by atoms with Crippen LogP contribution in [0.4, 0.5) is 0 Å². The predicted molar refractivity (Wildman–Crippen MR) is 95.3 cm³/mol. The molecule has 108 valence electrons. The molecular weight excluding hydrogens is 255 g/mol. The third-order valence-corrected chi connectivity index (χ3v) is 4.20.